The van der Waals surface area contributed by atoms with Gasteiger partial charge in [-0.3, -0.25) is 19.1 Å². The molecular weight excluding hydrogens is 400 g/mol. The van der Waals surface area contributed by atoms with E-state index in [1.807, 2.05) is 30.3 Å². The second-order valence-electron chi connectivity index (χ2n) is 6.55. The largest absolute Gasteiger partial charge is 0.325 e. The number of nitrogens with one attached hydrogen (secondary N) is 1. The fourth-order valence-corrected chi connectivity index (χ4v) is 3.13. The zero-order valence-electron chi connectivity index (χ0n) is 15.8. The molecule has 0 bridgehead atoms. The van der Waals surface area contributed by atoms with Crippen molar-refractivity contribution >= 4 is 46.4 Å². The summed E-state index contributed by atoms with van der Waals surface area (Å²) >= 11 is 5.88. The lowest BCUT2D eigenvalue weighted by Crippen LogP contribution is -2.30. The van der Waals surface area contributed by atoms with Crippen molar-refractivity contribution in [2.24, 2.45) is 0 Å². The molecule has 6 nitrogen and oxygen atoms in total. The van der Waals surface area contributed by atoms with Crippen LogP contribution in [0.25, 0.3) is 23.2 Å². The number of fused-ring (bicyclic) bond motifs is 1. The van der Waals surface area contributed by atoms with Gasteiger partial charge in [0.25, 0.3) is 5.56 Å². The van der Waals surface area contributed by atoms with Crippen LogP contribution in [0, 0.1) is 0 Å². The van der Waals surface area contributed by atoms with Crippen molar-refractivity contribution in [1.29, 1.82) is 0 Å². The number of aromatic nitrogens is 3. The first kappa shape index (κ1) is 19.5. The molecule has 0 saturated heterocycles. The molecule has 2 aromatic heterocycles. The Morgan fingerprint density at radius 3 is 2.50 bits per heavy atom. The highest BCUT2D eigenvalue weighted by molar-refractivity contribution is 6.30. The molecule has 0 radical (unpaired) electrons. The average molecular weight is 417 g/mol. The van der Waals surface area contributed by atoms with E-state index in [-0.39, 0.29) is 23.7 Å². The third-order valence-corrected chi connectivity index (χ3v) is 4.70. The normalized spacial score (nSPS) is 11.1. The molecule has 7 heteroatoms. The van der Waals surface area contributed by atoms with Crippen LogP contribution in [0.15, 0.2) is 77.9 Å². The maximum absolute atomic E-state index is 13.1. The van der Waals surface area contributed by atoms with Crippen molar-refractivity contribution in [2.75, 3.05) is 5.32 Å². The van der Waals surface area contributed by atoms with Crippen LogP contribution in [0.4, 0.5) is 5.69 Å². The highest BCUT2D eigenvalue weighted by Crippen LogP contribution is 2.15. The molecule has 148 valence electrons. The summed E-state index contributed by atoms with van der Waals surface area (Å²) in [5.41, 5.74) is 2.63. The zero-order chi connectivity index (χ0) is 20.9. The number of hydrogen-bond donors (Lipinski definition) is 1. The number of para-hydroxylation sites is 2. The topological polar surface area (TPSA) is 76.9 Å². The number of hydrogen-bond acceptors (Lipinski definition) is 4. The lowest BCUT2D eigenvalue weighted by Gasteiger charge is -2.11. The van der Waals surface area contributed by atoms with Crippen molar-refractivity contribution in [3.05, 3.63) is 99.7 Å². The molecule has 0 aliphatic rings. The van der Waals surface area contributed by atoms with E-state index in [0.29, 0.717) is 21.7 Å². The summed E-state index contributed by atoms with van der Waals surface area (Å²) in [6.45, 7) is -0.138. The van der Waals surface area contributed by atoms with Crippen LogP contribution in [0.1, 0.15) is 11.3 Å². The average Bonchev–Trinajstić information content (AvgIpc) is 2.77. The van der Waals surface area contributed by atoms with E-state index in [1.54, 1.807) is 54.9 Å². The summed E-state index contributed by atoms with van der Waals surface area (Å²) in [5, 5.41) is 3.36. The molecule has 0 unspecified atom stereocenters. The smallest absolute Gasteiger partial charge is 0.277 e. The van der Waals surface area contributed by atoms with Gasteiger partial charge < -0.3 is 5.32 Å². The first-order valence-corrected chi connectivity index (χ1v) is 9.61. The van der Waals surface area contributed by atoms with Gasteiger partial charge in [-0.1, -0.05) is 29.8 Å². The van der Waals surface area contributed by atoms with Gasteiger partial charge in [-0.05, 0) is 60.2 Å². The molecule has 2 aromatic carbocycles. The zero-order valence-corrected chi connectivity index (χ0v) is 16.6. The van der Waals surface area contributed by atoms with Crippen molar-refractivity contribution in [3.63, 3.8) is 0 Å². The maximum Gasteiger partial charge on any atom is 0.277 e. The number of nitrogens with zero attached hydrogens (tertiary/aromatic N) is 3. The van der Waals surface area contributed by atoms with Gasteiger partial charge in [-0.25, -0.2) is 4.98 Å². The summed E-state index contributed by atoms with van der Waals surface area (Å²) in [5.74, 6) is -0.320. The van der Waals surface area contributed by atoms with E-state index in [9.17, 15) is 9.59 Å². The highest BCUT2D eigenvalue weighted by atomic mass is 35.5. The van der Waals surface area contributed by atoms with Crippen LogP contribution < -0.4 is 10.9 Å². The molecule has 0 spiro atoms. The second-order valence-corrected chi connectivity index (χ2v) is 6.98. The Kier molecular flexibility index (Phi) is 5.68. The number of rotatable bonds is 5. The maximum atomic E-state index is 13.1. The third-order valence-electron chi connectivity index (χ3n) is 4.45. The summed E-state index contributed by atoms with van der Waals surface area (Å²) in [6, 6.07) is 17.7. The van der Waals surface area contributed by atoms with Gasteiger partial charge in [0, 0.05) is 23.1 Å². The summed E-state index contributed by atoms with van der Waals surface area (Å²) < 4.78 is 1.43. The van der Waals surface area contributed by atoms with Gasteiger partial charge in [0.15, 0.2) is 0 Å². The van der Waals surface area contributed by atoms with Gasteiger partial charge in [0.1, 0.15) is 12.2 Å². The van der Waals surface area contributed by atoms with Gasteiger partial charge in [0.2, 0.25) is 5.91 Å². The Morgan fingerprint density at radius 1 is 1.00 bits per heavy atom. The first-order valence-electron chi connectivity index (χ1n) is 9.23. The molecule has 1 amide bonds. The van der Waals surface area contributed by atoms with Crippen LogP contribution in [-0.4, -0.2) is 20.4 Å². The molecule has 2 heterocycles. The number of carbonyl (C=O) groups is 1. The first-order chi connectivity index (χ1) is 14.6. The standard InChI is InChI=1S/C23H17ClN4O2/c24-17-6-8-18(9-7-17)26-22(29)15-28-21-4-2-1-3-19(21)27-20(23(28)30)10-5-16-11-13-25-14-12-16/h1-14H,15H2,(H,26,29)/b10-5+. The Hall–Kier alpha value is -3.77. The van der Waals surface area contributed by atoms with Gasteiger partial charge in [-0.15, -0.1) is 0 Å². The van der Waals surface area contributed by atoms with Gasteiger partial charge in [-0.2, -0.15) is 0 Å². The van der Waals surface area contributed by atoms with E-state index in [2.05, 4.69) is 15.3 Å². The molecule has 0 fully saturated rings. The molecule has 0 saturated carbocycles. The Labute approximate surface area is 177 Å². The fraction of sp³-hybridized carbons (Fsp3) is 0.0435. The monoisotopic (exact) mass is 416 g/mol. The van der Waals surface area contributed by atoms with Crippen LogP contribution >= 0.6 is 11.6 Å². The minimum atomic E-state index is -0.342. The van der Waals surface area contributed by atoms with E-state index >= 15 is 0 Å². The number of anilines is 1. The molecule has 4 rings (SSSR count). The third kappa shape index (κ3) is 4.45. The molecule has 0 atom stereocenters. The van der Waals surface area contributed by atoms with Crippen LogP contribution in [0.2, 0.25) is 5.02 Å². The Bertz CT molecular complexity index is 1280. The van der Waals surface area contributed by atoms with Crippen LogP contribution in [0.5, 0.6) is 0 Å². The van der Waals surface area contributed by atoms with Crippen LogP contribution in [-0.2, 0) is 11.3 Å². The summed E-state index contributed by atoms with van der Waals surface area (Å²) in [7, 11) is 0. The van der Waals surface area contributed by atoms with Crippen molar-refractivity contribution < 1.29 is 4.79 Å². The number of pyridine rings is 1. The van der Waals surface area contributed by atoms with Crippen molar-refractivity contribution in [1.82, 2.24) is 14.5 Å². The minimum absolute atomic E-state index is 0.138. The molecule has 0 aliphatic heterocycles. The molecule has 1 N–H and O–H groups in total. The number of amides is 1. The lowest BCUT2D eigenvalue weighted by atomic mass is 10.2. The molecular formula is C23H17ClN4O2. The summed E-state index contributed by atoms with van der Waals surface area (Å²) in [6.07, 6.45) is 6.79. The van der Waals surface area contributed by atoms with Crippen molar-refractivity contribution in [3.8, 4) is 0 Å². The van der Waals surface area contributed by atoms with Gasteiger partial charge >= 0.3 is 0 Å². The van der Waals surface area contributed by atoms with Crippen LogP contribution in [0.3, 0.4) is 0 Å². The Morgan fingerprint density at radius 2 is 1.73 bits per heavy atom. The quantitative estimate of drug-likeness (QED) is 0.527. The number of carbonyl (C=O) groups excluding carboxylic acids is 1. The molecule has 0 aliphatic carbocycles. The SMILES string of the molecule is O=C(Cn1c(=O)c(/C=C/c2ccncc2)nc2ccccc21)Nc1ccc(Cl)cc1. The Balaban J connectivity index is 1.68. The van der Waals surface area contributed by atoms with E-state index in [0.717, 1.165) is 5.56 Å². The predicted molar refractivity (Wildman–Crippen MR) is 119 cm³/mol. The lowest BCUT2D eigenvalue weighted by molar-refractivity contribution is -0.116. The molecule has 4 aromatic rings. The van der Waals surface area contributed by atoms with E-state index in [1.165, 1.54) is 4.57 Å². The fourth-order valence-electron chi connectivity index (χ4n) is 3.00. The van der Waals surface area contributed by atoms with E-state index in [4.69, 9.17) is 11.6 Å². The summed E-state index contributed by atoms with van der Waals surface area (Å²) in [4.78, 5) is 34.1. The predicted octanol–water partition coefficient (Wildman–Crippen LogP) is 4.25. The van der Waals surface area contributed by atoms with Gasteiger partial charge in [0.05, 0.1) is 11.0 Å². The molecule has 30 heavy (non-hydrogen) atoms. The number of benzene rings is 2. The minimum Gasteiger partial charge on any atom is -0.325 e. The second kappa shape index (κ2) is 8.71. The highest BCUT2D eigenvalue weighted by Gasteiger charge is 2.12. The number of halogens is 1. The van der Waals surface area contributed by atoms with E-state index < -0.39 is 0 Å². The van der Waals surface area contributed by atoms with Crippen molar-refractivity contribution in [2.45, 2.75) is 6.54 Å².